The lowest BCUT2D eigenvalue weighted by Gasteiger charge is -2.10. The van der Waals surface area contributed by atoms with Crippen molar-refractivity contribution in [2.75, 3.05) is 13.7 Å². The lowest BCUT2D eigenvalue weighted by molar-refractivity contribution is 0.0597. The van der Waals surface area contributed by atoms with E-state index >= 15 is 0 Å². The van der Waals surface area contributed by atoms with Crippen LogP contribution in [0.25, 0.3) is 0 Å². The van der Waals surface area contributed by atoms with Crippen LogP contribution in [0.5, 0.6) is 0 Å². The Bertz CT molecular complexity index is 227. The fourth-order valence-corrected chi connectivity index (χ4v) is 1.54. The van der Waals surface area contributed by atoms with Gasteiger partial charge in [0.1, 0.15) is 5.60 Å². The molecule has 11 heavy (non-hydrogen) atoms. The van der Waals surface area contributed by atoms with Crippen molar-refractivity contribution in [3.05, 3.63) is 0 Å². The van der Waals surface area contributed by atoms with Crippen LogP contribution in [-0.4, -0.2) is 32.3 Å². The molecule has 0 aromatic carbocycles. The molecular formula is C5H10O5S. The lowest BCUT2D eigenvalue weighted by atomic mass is 10.4. The summed E-state index contributed by atoms with van der Waals surface area (Å²) in [4.78, 5) is 0. The maximum absolute atomic E-state index is 10.2. The van der Waals surface area contributed by atoms with Gasteiger partial charge in [0.25, 0.3) is 0 Å². The number of methoxy groups -OCH3 is 1. The number of hydrogen-bond acceptors (Lipinski definition) is 4. The van der Waals surface area contributed by atoms with E-state index in [4.69, 9.17) is 9.29 Å². The van der Waals surface area contributed by atoms with E-state index in [1.54, 1.807) is 0 Å². The quantitative estimate of drug-likeness (QED) is 0.619. The Balaban J connectivity index is 2.48. The fraction of sp³-hybridized carbons (Fsp3) is 1.00. The van der Waals surface area contributed by atoms with E-state index in [2.05, 4.69) is 4.18 Å². The molecule has 0 bridgehead atoms. The Morgan fingerprint density at radius 2 is 2.09 bits per heavy atom. The number of hydrogen-bond donors (Lipinski definition) is 1. The van der Waals surface area contributed by atoms with Crippen LogP contribution in [0, 0.1) is 0 Å². The summed E-state index contributed by atoms with van der Waals surface area (Å²) in [5.74, 6) is 0. The first-order valence-corrected chi connectivity index (χ1v) is 4.51. The molecule has 1 fully saturated rings. The molecule has 0 aromatic rings. The predicted octanol–water partition coefficient (Wildman–Crippen LogP) is -0.0152. The van der Waals surface area contributed by atoms with Gasteiger partial charge in [-0.05, 0) is 12.8 Å². The van der Waals surface area contributed by atoms with Gasteiger partial charge in [-0.3, -0.25) is 4.55 Å². The predicted molar refractivity (Wildman–Crippen MR) is 36.5 cm³/mol. The lowest BCUT2D eigenvalue weighted by Crippen LogP contribution is -2.24. The topological polar surface area (TPSA) is 72.8 Å². The maximum Gasteiger partial charge on any atom is 0.397 e. The summed E-state index contributed by atoms with van der Waals surface area (Å²) in [5.41, 5.74) is -0.775. The average Bonchev–Trinajstić information content (AvgIpc) is 2.44. The van der Waals surface area contributed by atoms with E-state index in [0.29, 0.717) is 12.8 Å². The van der Waals surface area contributed by atoms with Gasteiger partial charge in [-0.15, -0.1) is 0 Å². The Kier molecular flexibility index (Phi) is 2.19. The Morgan fingerprint density at radius 1 is 1.55 bits per heavy atom. The highest BCUT2D eigenvalue weighted by Gasteiger charge is 2.48. The SMILES string of the molecule is COCC1(OS(=O)(=O)O)CC1. The number of ether oxygens (including phenoxy) is 1. The van der Waals surface area contributed by atoms with E-state index in [1.165, 1.54) is 7.11 Å². The maximum atomic E-state index is 10.2. The van der Waals surface area contributed by atoms with Gasteiger partial charge in [0.05, 0.1) is 6.61 Å². The number of rotatable bonds is 4. The molecule has 1 rings (SSSR count). The summed E-state index contributed by atoms with van der Waals surface area (Å²) in [5, 5.41) is 0. The third kappa shape index (κ3) is 2.74. The molecule has 1 N–H and O–H groups in total. The van der Waals surface area contributed by atoms with E-state index in [0.717, 1.165) is 0 Å². The highest BCUT2D eigenvalue weighted by molar-refractivity contribution is 7.80. The van der Waals surface area contributed by atoms with Crippen LogP contribution in [0.2, 0.25) is 0 Å². The Hall–Kier alpha value is -0.170. The smallest absolute Gasteiger partial charge is 0.382 e. The van der Waals surface area contributed by atoms with Crippen LogP contribution in [0.3, 0.4) is 0 Å². The molecular weight excluding hydrogens is 172 g/mol. The van der Waals surface area contributed by atoms with Gasteiger partial charge in [-0.25, -0.2) is 4.18 Å². The van der Waals surface area contributed by atoms with E-state index in [-0.39, 0.29) is 6.61 Å². The highest BCUT2D eigenvalue weighted by Crippen LogP contribution is 2.40. The third-order valence-corrected chi connectivity index (χ3v) is 2.06. The van der Waals surface area contributed by atoms with Crippen LogP contribution in [0.1, 0.15) is 12.8 Å². The zero-order chi connectivity index (χ0) is 8.54. The van der Waals surface area contributed by atoms with Gasteiger partial charge in [0.2, 0.25) is 0 Å². The fourth-order valence-electron chi connectivity index (χ4n) is 0.878. The molecule has 0 atom stereocenters. The summed E-state index contributed by atoms with van der Waals surface area (Å²) in [6.07, 6.45) is 1.22. The summed E-state index contributed by atoms with van der Waals surface area (Å²) in [6.45, 7) is 0.201. The van der Waals surface area contributed by atoms with Crippen LogP contribution < -0.4 is 0 Å². The van der Waals surface area contributed by atoms with E-state index < -0.39 is 16.0 Å². The molecule has 1 saturated carbocycles. The molecule has 0 aliphatic heterocycles. The molecule has 0 radical (unpaired) electrons. The highest BCUT2D eigenvalue weighted by atomic mass is 32.3. The van der Waals surface area contributed by atoms with Crippen molar-refractivity contribution in [1.29, 1.82) is 0 Å². The van der Waals surface area contributed by atoms with Gasteiger partial charge < -0.3 is 4.74 Å². The molecule has 0 unspecified atom stereocenters. The first-order chi connectivity index (χ1) is 4.97. The molecule has 0 spiro atoms. The molecule has 1 aliphatic carbocycles. The molecule has 0 heterocycles. The molecule has 5 nitrogen and oxygen atoms in total. The van der Waals surface area contributed by atoms with Crippen molar-refractivity contribution in [3.63, 3.8) is 0 Å². The second kappa shape index (κ2) is 2.71. The van der Waals surface area contributed by atoms with Gasteiger partial charge in [-0.1, -0.05) is 0 Å². The minimum Gasteiger partial charge on any atom is -0.382 e. The second-order valence-corrected chi connectivity index (χ2v) is 3.65. The summed E-state index contributed by atoms with van der Waals surface area (Å²) in [7, 11) is -2.87. The van der Waals surface area contributed by atoms with Gasteiger partial charge in [0.15, 0.2) is 0 Å². The van der Waals surface area contributed by atoms with Gasteiger partial charge in [-0.2, -0.15) is 8.42 Å². The average molecular weight is 182 g/mol. The van der Waals surface area contributed by atoms with Gasteiger partial charge >= 0.3 is 10.4 Å². The van der Waals surface area contributed by atoms with Crippen molar-refractivity contribution in [1.82, 2.24) is 0 Å². The minimum absolute atomic E-state index is 0.201. The van der Waals surface area contributed by atoms with Crippen LogP contribution in [-0.2, 0) is 19.3 Å². The van der Waals surface area contributed by atoms with Crippen molar-refractivity contribution >= 4 is 10.4 Å². The van der Waals surface area contributed by atoms with E-state index in [9.17, 15) is 8.42 Å². The third-order valence-electron chi connectivity index (χ3n) is 1.50. The largest absolute Gasteiger partial charge is 0.397 e. The molecule has 0 aromatic heterocycles. The van der Waals surface area contributed by atoms with Crippen molar-refractivity contribution < 1.29 is 21.9 Å². The van der Waals surface area contributed by atoms with Crippen LogP contribution in [0.15, 0.2) is 0 Å². The van der Waals surface area contributed by atoms with Crippen molar-refractivity contribution in [2.24, 2.45) is 0 Å². The van der Waals surface area contributed by atoms with Crippen LogP contribution in [0.4, 0.5) is 0 Å². The van der Waals surface area contributed by atoms with Crippen molar-refractivity contribution in [3.8, 4) is 0 Å². The molecule has 0 saturated heterocycles. The Labute approximate surface area is 65.3 Å². The minimum atomic E-state index is -4.32. The molecule has 1 aliphatic rings. The summed E-state index contributed by atoms with van der Waals surface area (Å²) >= 11 is 0. The van der Waals surface area contributed by atoms with Gasteiger partial charge in [0, 0.05) is 7.11 Å². The standard InChI is InChI=1S/C5H10O5S/c1-9-4-5(2-3-5)10-11(6,7)8/h2-4H2,1H3,(H,6,7,8). The zero-order valence-electron chi connectivity index (χ0n) is 6.11. The second-order valence-electron chi connectivity index (χ2n) is 2.63. The van der Waals surface area contributed by atoms with Crippen molar-refractivity contribution in [2.45, 2.75) is 18.4 Å². The molecule has 66 valence electrons. The first kappa shape index (κ1) is 8.92. The normalized spacial score (nSPS) is 21.6. The zero-order valence-corrected chi connectivity index (χ0v) is 6.93. The Morgan fingerprint density at radius 3 is 2.36 bits per heavy atom. The summed E-state index contributed by atoms with van der Waals surface area (Å²) < 4.78 is 37.9. The van der Waals surface area contributed by atoms with E-state index in [1.807, 2.05) is 0 Å². The summed E-state index contributed by atoms with van der Waals surface area (Å²) in [6, 6.07) is 0. The van der Waals surface area contributed by atoms with Crippen LogP contribution >= 0.6 is 0 Å². The first-order valence-electron chi connectivity index (χ1n) is 3.14. The molecule has 0 amide bonds. The monoisotopic (exact) mass is 182 g/mol. The molecule has 6 heteroatoms.